The lowest BCUT2D eigenvalue weighted by Gasteiger charge is -2.26. The van der Waals surface area contributed by atoms with Crippen LogP contribution in [0.3, 0.4) is 0 Å². The highest BCUT2D eigenvalue weighted by Crippen LogP contribution is 2.25. The summed E-state index contributed by atoms with van der Waals surface area (Å²) in [4.78, 5) is 0. The Kier molecular flexibility index (Phi) is 5.59. The summed E-state index contributed by atoms with van der Waals surface area (Å²) in [5.41, 5.74) is 3.01. The van der Waals surface area contributed by atoms with Crippen molar-refractivity contribution in [2.45, 2.75) is 59.5 Å². The van der Waals surface area contributed by atoms with Gasteiger partial charge in [-0.2, -0.15) is 5.26 Å². The molecule has 0 spiro atoms. The highest BCUT2D eigenvalue weighted by atomic mass is 16.5. The number of nitrogens with one attached hydrogen (secondary N) is 1. The molecule has 0 aliphatic rings. The number of nitriles is 1. The Hall–Kier alpha value is -1.53. The number of benzene rings is 1. The van der Waals surface area contributed by atoms with Crippen molar-refractivity contribution < 1.29 is 4.74 Å². The molecule has 0 bridgehead atoms. The standard InChI is InChI=1S/C17H26N2O/c1-12(2)19-17(6,11-18)7-8-20-16-14(4)9-13(3)10-15(16)5/h9-10,12,19H,7-8H2,1-6H3. The van der Waals surface area contributed by atoms with Crippen molar-refractivity contribution >= 4 is 0 Å². The first-order valence-electron chi connectivity index (χ1n) is 7.17. The van der Waals surface area contributed by atoms with Crippen LogP contribution >= 0.6 is 0 Å². The van der Waals surface area contributed by atoms with E-state index < -0.39 is 5.54 Å². The van der Waals surface area contributed by atoms with Crippen molar-refractivity contribution in [1.29, 1.82) is 5.26 Å². The van der Waals surface area contributed by atoms with E-state index in [2.05, 4.69) is 44.3 Å². The van der Waals surface area contributed by atoms with Crippen molar-refractivity contribution in [2.75, 3.05) is 6.61 Å². The van der Waals surface area contributed by atoms with Crippen LogP contribution in [0.15, 0.2) is 12.1 Å². The van der Waals surface area contributed by atoms with Crippen LogP contribution in [0.25, 0.3) is 0 Å². The van der Waals surface area contributed by atoms with Crippen molar-refractivity contribution in [2.24, 2.45) is 0 Å². The van der Waals surface area contributed by atoms with Crippen LogP contribution in [0.5, 0.6) is 5.75 Å². The highest BCUT2D eigenvalue weighted by Gasteiger charge is 2.24. The van der Waals surface area contributed by atoms with Crippen molar-refractivity contribution in [3.8, 4) is 11.8 Å². The fourth-order valence-electron chi connectivity index (χ4n) is 2.55. The monoisotopic (exact) mass is 274 g/mol. The molecule has 3 heteroatoms. The Morgan fingerprint density at radius 3 is 2.25 bits per heavy atom. The molecule has 1 atom stereocenters. The maximum absolute atomic E-state index is 9.31. The Balaban J connectivity index is 2.67. The molecule has 1 rings (SSSR count). The van der Waals surface area contributed by atoms with Gasteiger partial charge >= 0.3 is 0 Å². The molecule has 20 heavy (non-hydrogen) atoms. The average Bonchev–Trinajstić information content (AvgIpc) is 2.31. The first-order valence-corrected chi connectivity index (χ1v) is 7.17. The van der Waals surface area contributed by atoms with Gasteiger partial charge in [-0.05, 0) is 52.7 Å². The summed E-state index contributed by atoms with van der Waals surface area (Å²) in [5, 5.41) is 12.6. The van der Waals surface area contributed by atoms with E-state index in [1.165, 1.54) is 5.56 Å². The number of nitrogens with zero attached hydrogens (tertiary/aromatic N) is 1. The van der Waals surface area contributed by atoms with E-state index in [4.69, 9.17) is 4.74 Å². The third kappa shape index (κ3) is 4.54. The van der Waals surface area contributed by atoms with Crippen molar-refractivity contribution in [3.63, 3.8) is 0 Å². The van der Waals surface area contributed by atoms with Gasteiger partial charge in [-0.25, -0.2) is 0 Å². The predicted octanol–water partition coefficient (Wildman–Crippen LogP) is 3.66. The molecule has 1 aromatic rings. The lowest BCUT2D eigenvalue weighted by molar-refractivity contribution is 0.257. The lowest BCUT2D eigenvalue weighted by atomic mass is 9.99. The van der Waals surface area contributed by atoms with Crippen LogP contribution in [-0.2, 0) is 0 Å². The van der Waals surface area contributed by atoms with Gasteiger partial charge in [-0.1, -0.05) is 17.7 Å². The molecule has 3 nitrogen and oxygen atoms in total. The Morgan fingerprint density at radius 1 is 1.25 bits per heavy atom. The minimum absolute atomic E-state index is 0.280. The zero-order valence-corrected chi connectivity index (χ0v) is 13.5. The van der Waals surface area contributed by atoms with Crippen LogP contribution in [-0.4, -0.2) is 18.2 Å². The molecule has 0 saturated heterocycles. The maximum Gasteiger partial charge on any atom is 0.125 e. The fraction of sp³-hybridized carbons (Fsp3) is 0.588. The molecule has 0 saturated carbocycles. The predicted molar refractivity (Wildman–Crippen MR) is 83.1 cm³/mol. The zero-order chi connectivity index (χ0) is 15.3. The second-order valence-corrected chi connectivity index (χ2v) is 6.07. The maximum atomic E-state index is 9.31. The Bertz CT molecular complexity index is 479. The van der Waals surface area contributed by atoms with Crippen molar-refractivity contribution in [3.05, 3.63) is 28.8 Å². The first-order chi connectivity index (χ1) is 9.27. The molecular weight excluding hydrogens is 248 g/mol. The molecule has 0 amide bonds. The molecule has 1 N–H and O–H groups in total. The third-order valence-corrected chi connectivity index (χ3v) is 3.31. The molecule has 0 aliphatic heterocycles. The van der Waals surface area contributed by atoms with E-state index >= 15 is 0 Å². The normalized spacial score (nSPS) is 13.9. The molecule has 0 aromatic heterocycles. The molecular formula is C17H26N2O. The zero-order valence-electron chi connectivity index (χ0n) is 13.5. The van der Waals surface area contributed by atoms with Crippen molar-refractivity contribution in [1.82, 2.24) is 5.32 Å². The van der Waals surface area contributed by atoms with E-state index in [1.807, 2.05) is 20.8 Å². The number of rotatable bonds is 6. The van der Waals surface area contributed by atoms with Crippen LogP contribution < -0.4 is 10.1 Å². The summed E-state index contributed by atoms with van der Waals surface area (Å²) in [6, 6.07) is 6.87. The SMILES string of the molecule is Cc1cc(C)c(OCCC(C)(C#N)NC(C)C)c(C)c1. The summed E-state index contributed by atoms with van der Waals surface area (Å²) in [7, 11) is 0. The molecule has 110 valence electrons. The highest BCUT2D eigenvalue weighted by molar-refractivity contribution is 5.42. The van der Waals surface area contributed by atoms with E-state index in [9.17, 15) is 5.26 Å². The first kappa shape index (κ1) is 16.5. The van der Waals surface area contributed by atoms with E-state index in [-0.39, 0.29) is 6.04 Å². The van der Waals surface area contributed by atoms with Crippen LogP contribution in [0.1, 0.15) is 43.9 Å². The minimum Gasteiger partial charge on any atom is -0.493 e. The minimum atomic E-state index is -0.541. The number of ether oxygens (including phenoxy) is 1. The molecule has 0 radical (unpaired) electrons. The quantitative estimate of drug-likeness (QED) is 0.861. The summed E-state index contributed by atoms with van der Waals surface area (Å²) in [6.45, 7) is 12.8. The molecule has 1 aromatic carbocycles. The summed E-state index contributed by atoms with van der Waals surface area (Å²) >= 11 is 0. The van der Waals surface area contributed by atoms with Gasteiger partial charge in [0.1, 0.15) is 11.3 Å². The summed E-state index contributed by atoms with van der Waals surface area (Å²) < 4.78 is 5.91. The molecule has 0 heterocycles. The number of aryl methyl sites for hydroxylation is 3. The van der Waals surface area contributed by atoms with Crippen LogP contribution in [0, 0.1) is 32.1 Å². The second-order valence-electron chi connectivity index (χ2n) is 6.07. The average molecular weight is 274 g/mol. The summed E-state index contributed by atoms with van der Waals surface area (Å²) in [6.07, 6.45) is 0.661. The smallest absolute Gasteiger partial charge is 0.125 e. The second kappa shape index (κ2) is 6.76. The third-order valence-electron chi connectivity index (χ3n) is 3.31. The summed E-state index contributed by atoms with van der Waals surface area (Å²) in [5.74, 6) is 0.945. The van der Waals surface area contributed by atoms with Gasteiger partial charge < -0.3 is 4.74 Å². The molecule has 1 unspecified atom stereocenters. The number of hydrogen-bond acceptors (Lipinski definition) is 3. The Labute approximate surface area is 123 Å². The van der Waals surface area contributed by atoms with Gasteiger partial charge in [0.25, 0.3) is 0 Å². The van der Waals surface area contributed by atoms with Gasteiger partial charge in [0.05, 0.1) is 12.7 Å². The molecule has 0 fully saturated rings. The largest absolute Gasteiger partial charge is 0.493 e. The Morgan fingerprint density at radius 2 is 1.80 bits per heavy atom. The van der Waals surface area contributed by atoms with Crippen LogP contribution in [0.2, 0.25) is 0 Å². The van der Waals surface area contributed by atoms with Gasteiger partial charge in [-0.15, -0.1) is 0 Å². The molecule has 0 aliphatic carbocycles. The van der Waals surface area contributed by atoms with Gasteiger partial charge in [-0.3, -0.25) is 5.32 Å². The van der Waals surface area contributed by atoms with Gasteiger partial charge in [0.2, 0.25) is 0 Å². The fourth-order valence-corrected chi connectivity index (χ4v) is 2.55. The van der Waals surface area contributed by atoms with Gasteiger partial charge in [0.15, 0.2) is 0 Å². The lowest BCUT2D eigenvalue weighted by Crippen LogP contribution is -2.45. The van der Waals surface area contributed by atoms with Gasteiger partial charge in [0, 0.05) is 12.5 Å². The topological polar surface area (TPSA) is 45.0 Å². The van der Waals surface area contributed by atoms with Crippen LogP contribution in [0.4, 0.5) is 0 Å². The van der Waals surface area contributed by atoms with E-state index in [1.54, 1.807) is 0 Å². The number of hydrogen-bond donors (Lipinski definition) is 1. The van der Waals surface area contributed by atoms with E-state index in [0.29, 0.717) is 13.0 Å². The van der Waals surface area contributed by atoms with E-state index in [0.717, 1.165) is 16.9 Å².